The van der Waals surface area contributed by atoms with Gasteiger partial charge in [-0.15, -0.1) is 0 Å². The summed E-state index contributed by atoms with van der Waals surface area (Å²) in [4.78, 5) is 23.9. The summed E-state index contributed by atoms with van der Waals surface area (Å²) < 4.78 is 38.9. The molecule has 1 saturated heterocycles. The minimum absolute atomic E-state index is 0.162. The van der Waals surface area contributed by atoms with Gasteiger partial charge in [-0.3, -0.25) is 9.69 Å². The van der Waals surface area contributed by atoms with Gasteiger partial charge in [-0.05, 0) is 104 Å². The molecule has 6 rings (SSSR count). The van der Waals surface area contributed by atoms with Gasteiger partial charge in [0.05, 0.1) is 0 Å². The Morgan fingerprint density at radius 2 is 1.53 bits per heavy atom. The highest BCUT2D eigenvalue weighted by molar-refractivity contribution is 6.10. The van der Waals surface area contributed by atoms with E-state index in [1.165, 1.54) is 29.8 Å². The van der Waals surface area contributed by atoms with E-state index in [1.807, 2.05) is 11.0 Å². The van der Waals surface area contributed by atoms with E-state index in [9.17, 15) is 13.6 Å². The number of piperidine rings is 1. The largest absolute Gasteiger partial charge is 0.454 e. The maximum Gasteiger partial charge on any atom is 0.265 e. The minimum Gasteiger partial charge on any atom is -0.454 e. The molecule has 0 bridgehead atoms. The van der Waals surface area contributed by atoms with Crippen molar-refractivity contribution >= 4 is 11.7 Å². The summed E-state index contributed by atoms with van der Waals surface area (Å²) in [6, 6.07) is 18.5. The van der Waals surface area contributed by atoms with Crippen molar-refractivity contribution in [3.05, 3.63) is 95.1 Å². The number of likely N-dealkylation sites (tertiary alicyclic amines) is 1. The third kappa shape index (κ3) is 5.65. The summed E-state index contributed by atoms with van der Waals surface area (Å²) in [6.45, 7) is 7.10. The molecule has 6 nitrogen and oxygen atoms in total. The van der Waals surface area contributed by atoms with Gasteiger partial charge in [-0.25, -0.2) is 13.8 Å². The van der Waals surface area contributed by atoms with Gasteiger partial charge in [-0.1, -0.05) is 44.2 Å². The fraction of sp³-hybridized carbons (Fsp3) is 0.429. The lowest BCUT2D eigenvalue weighted by Crippen LogP contribution is -2.45. The molecule has 0 saturated carbocycles. The van der Waals surface area contributed by atoms with Crippen LogP contribution in [0.15, 0.2) is 71.7 Å². The number of benzene rings is 3. The number of rotatable bonds is 10. The van der Waals surface area contributed by atoms with Crippen LogP contribution in [0.1, 0.15) is 75.0 Å². The Morgan fingerprint density at radius 1 is 0.907 bits per heavy atom. The molecular formula is C35H39F2N3O3. The van der Waals surface area contributed by atoms with E-state index in [1.54, 1.807) is 24.3 Å². The van der Waals surface area contributed by atoms with Gasteiger partial charge < -0.3 is 14.4 Å². The molecular weight excluding hydrogens is 548 g/mol. The zero-order chi connectivity index (χ0) is 30.0. The van der Waals surface area contributed by atoms with Gasteiger partial charge in [0.2, 0.25) is 6.79 Å². The number of amidine groups is 1. The molecule has 3 aromatic carbocycles. The molecule has 3 aromatic rings. The molecule has 1 unspecified atom stereocenters. The van der Waals surface area contributed by atoms with Crippen molar-refractivity contribution in [1.82, 2.24) is 9.80 Å². The highest BCUT2D eigenvalue weighted by atomic mass is 19.1. The maximum absolute atomic E-state index is 14.4. The fourth-order valence-electron chi connectivity index (χ4n) is 6.87. The van der Waals surface area contributed by atoms with E-state index in [0.29, 0.717) is 36.1 Å². The van der Waals surface area contributed by atoms with Crippen molar-refractivity contribution in [3.8, 4) is 11.5 Å². The Kier molecular flexibility index (Phi) is 8.48. The van der Waals surface area contributed by atoms with Crippen LogP contribution in [0, 0.1) is 11.6 Å². The van der Waals surface area contributed by atoms with Crippen LogP contribution in [-0.2, 0) is 10.3 Å². The first-order chi connectivity index (χ1) is 20.9. The minimum atomic E-state index is -1.36. The predicted octanol–water partition coefficient (Wildman–Crippen LogP) is 7.03. The van der Waals surface area contributed by atoms with E-state index in [0.717, 1.165) is 62.5 Å². The maximum atomic E-state index is 14.4. The zero-order valence-corrected chi connectivity index (χ0v) is 24.9. The summed E-state index contributed by atoms with van der Waals surface area (Å²) in [7, 11) is 0. The first kappa shape index (κ1) is 29.3. The molecule has 8 heteroatoms. The predicted molar refractivity (Wildman–Crippen MR) is 162 cm³/mol. The molecule has 1 fully saturated rings. The van der Waals surface area contributed by atoms with Crippen molar-refractivity contribution in [2.24, 2.45) is 4.99 Å². The molecule has 3 heterocycles. The number of nitrogens with zero attached hydrogens (tertiary/aromatic N) is 3. The Bertz CT molecular complexity index is 1420. The third-order valence-corrected chi connectivity index (χ3v) is 9.23. The van der Waals surface area contributed by atoms with Crippen LogP contribution in [0.4, 0.5) is 8.78 Å². The SMILES string of the molecule is CCCC1=NC(c2ccc(F)cc2)(c2ccc(F)cc2)C(=O)N1CCC(CC)N1CCC(c2ccc3c(c2)OCO3)CC1. The molecule has 1 atom stereocenters. The molecule has 0 radical (unpaired) electrons. The Morgan fingerprint density at radius 3 is 2.14 bits per heavy atom. The molecule has 43 heavy (non-hydrogen) atoms. The lowest BCUT2D eigenvalue weighted by Gasteiger charge is -2.38. The monoisotopic (exact) mass is 587 g/mol. The molecule has 0 aliphatic carbocycles. The summed E-state index contributed by atoms with van der Waals surface area (Å²) in [6.07, 6.45) is 5.42. The zero-order valence-electron chi connectivity index (χ0n) is 24.9. The topological polar surface area (TPSA) is 54.4 Å². The molecule has 226 valence electrons. The normalized spacial score (nSPS) is 19.1. The summed E-state index contributed by atoms with van der Waals surface area (Å²) in [5.41, 5.74) is 1.10. The fourth-order valence-corrected chi connectivity index (χ4v) is 6.87. The van der Waals surface area contributed by atoms with Crippen molar-refractivity contribution in [2.75, 3.05) is 26.4 Å². The molecule has 3 aliphatic rings. The number of halogens is 2. The second-order valence-electron chi connectivity index (χ2n) is 11.7. The molecule has 0 aromatic heterocycles. The first-order valence-electron chi connectivity index (χ1n) is 15.5. The van der Waals surface area contributed by atoms with Gasteiger partial charge in [0.15, 0.2) is 17.0 Å². The molecule has 0 N–H and O–H groups in total. The number of hydrogen-bond acceptors (Lipinski definition) is 5. The lowest BCUT2D eigenvalue weighted by atomic mass is 9.82. The number of fused-ring (bicyclic) bond motifs is 1. The van der Waals surface area contributed by atoms with E-state index >= 15 is 0 Å². The first-order valence-corrected chi connectivity index (χ1v) is 15.5. The quantitative estimate of drug-likeness (QED) is 0.256. The van der Waals surface area contributed by atoms with Crippen molar-refractivity contribution in [2.45, 2.75) is 69.9 Å². The Hall–Kier alpha value is -3.78. The van der Waals surface area contributed by atoms with Crippen LogP contribution in [0.3, 0.4) is 0 Å². The number of carbonyl (C=O) groups excluding carboxylic acids is 1. The Labute approximate surface area is 252 Å². The highest BCUT2D eigenvalue weighted by Crippen LogP contribution is 2.42. The second kappa shape index (κ2) is 12.4. The van der Waals surface area contributed by atoms with Crippen LogP contribution in [0.25, 0.3) is 0 Å². The van der Waals surface area contributed by atoms with Gasteiger partial charge in [-0.2, -0.15) is 0 Å². The standard InChI is InChI=1S/C35H39F2N3O3/c1-3-5-33-38-35(26-7-11-28(36)12-8-26,27-9-13-29(37)14-10-27)34(41)40(33)21-18-30(4-2)39-19-16-24(17-20-39)25-6-15-31-32(22-25)43-23-42-31/h6-15,22,24,30H,3-5,16-21,23H2,1-2H3. The smallest absolute Gasteiger partial charge is 0.265 e. The van der Waals surface area contributed by atoms with E-state index in [2.05, 4.69) is 30.9 Å². The number of hydrogen-bond donors (Lipinski definition) is 0. The summed E-state index contributed by atoms with van der Waals surface area (Å²) in [5, 5.41) is 0. The van der Waals surface area contributed by atoms with E-state index in [-0.39, 0.29) is 24.3 Å². The second-order valence-corrected chi connectivity index (χ2v) is 11.7. The molecule has 1 amide bonds. The van der Waals surface area contributed by atoms with Crippen molar-refractivity contribution < 1.29 is 23.0 Å². The number of aliphatic imine (C=N–C) groups is 1. The van der Waals surface area contributed by atoms with Crippen LogP contribution >= 0.6 is 0 Å². The van der Waals surface area contributed by atoms with E-state index in [4.69, 9.17) is 14.5 Å². The Balaban J connectivity index is 1.18. The van der Waals surface area contributed by atoms with E-state index < -0.39 is 5.54 Å². The van der Waals surface area contributed by atoms with Crippen LogP contribution in [0.5, 0.6) is 11.5 Å². The average molecular weight is 588 g/mol. The van der Waals surface area contributed by atoms with Crippen LogP contribution < -0.4 is 9.47 Å². The van der Waals surface area contributed by atoms with Crippen LogP contribution in [-0.4, -0.2) is 54.0 Å². The lowest BCUT2D eigenvalue weighted by molar-refractivity contribution is -0.130. The van der Waals surface area contributed by atoms with Gasteiger partial charge >= 0.3 is 0 Å². The van der Waals surface area contributed by atoms with Gasteiger partial charge in [0, 0.05) is 19.0 Å². The van der Waals surface area contributed by atoms with Gasteiger partial charge in [0.1, 0.15) is 17.5 Å². The number of carbonyl (C=O) groups is 1. The highest BCUT2D eigenvalue weighted by Gasteiger charge is 2.50. The third-order valence-electron chi connectivity index (χ3n) is 9.23. The molecule has 0 spiro atoms. The summed E-state index contributed by atoms with van der Waals surface area (Å²) in [5.74, 6) is 1.94. The van der Waals surface area contributed by atoms with Crippen molar-refractivity contribution in [1.29, 1.82) is 0 Å². The number of amides is 1. The number of ether oxygens (including phenoxy) is 2. The van der Waals surface area contributed by atoms with Gasteiger partial charge in [0.25, 0.3) is 5.91 Å². The average Bonchev–Trinajstić information content (AvgIpc) is 3.61. The molecule has 3 aliphatic heterocycles. The van der Waals surface area contributed by atoms with Crippen LogP contribution in [0.2, 0.25) is 0 Å². The summed E-state index contributed by atoms with van der Waals surface area (Å²) >= 11 is 0. The van der Waals surface area contributed by atoms with Crippen molar-refractivity contribution in [3.63, 3.8) is 0 Å².